The third kappa shape index (κ3) is 5.72. The summed E-state index contributed by atoms with van der Waals surface area (Å²) in [6.45, 7) is 3.88. The van der Waals surface area contributed by atoms with E-state index >= 15 is 0 Å². The molecule has 0 bridgehead atoms. The smallest absolute Gasteiger partial charge is 0.295 e. The topological polar surface area (TPSA) is 57.7 Å². The van der Waals surface area contributed by atoms with E-state index in [2.05, 4.69) is 4.90 Å². The Morgan fingerprint density at radius 1 is 1.03 bits per heavy atom. The van der Waals surface area contributed by atoms with E-state index in [9.17, 15) is 26.4 Å². The molecule has 1 aliphatic heterocycles. The highest BCUT2D eigenvalue weighted by Gasteiger charge is 2.41. The predicted octanol–water partition coefficient (Wildman–Crippen LogP) is 4.73. The van der Waals surface area contributed by atoms with Crippen molar-refractivity contribution in [2.24, 2.45) is 0 Å². The lowest BCUT2D eigenvalue weighted by Gasteiger charge is -2.50. The minimum Gasteiger partial charge on any atom is -0.295 e. The van der Waals surface area contributed by atoms with Gasteiger partial charge in [0.15, 0.2) is 5.78 Å². The van der Waals surface area contributed by atoms with Crippen LogP contribution >= 0.6 is 0 Å². The Morgan fingerprint density at radius 3 is 2.25 bits per heavy atom. The first-order valence-electron chi connectivity index (χ1n) is 11.5. The van der Waals surface area contributed by atoms with E-state index in [1.165, 1.54) is 18.2 Å². The average Bonchev–Trinajstić information content (AvgIpc) is 2.77. The van der Waals surface area contributed by atoms with Crippen molar-refractivity contribution in [3.05, 3.63) is 35.4 Å². The second-order valence-electron chi connectivity index (χ2n) is 8.95. The SMILES string of the molecule is CCCS(=O)(=O)N1CCN(C2(CCC(=O)c3ccccc3C(F)(F)F)CCCCC2)CC1. The molecule has 1 aliphatic carbocycles. The summed E-state index contributed by atoms with van der Waals surface area (Å²) >= 11 is 0. The predicted molar refractivity (Wildman–Crippen MR) is 118 cm³/mol. The van der Waals surface area contributed by atoms with Crippen LogP contribution in [0.15, 0.2) is 24.3 Å². The number of sulfonamides is 1. The van der Waals surface area contributed by atoms with Crippen molar-refractivity contribution in [2.75, 3.05) is 31.9 Å². The van der Waals surface area contributed by atoms with Crippen LogP contribution in [-0.2, 0) is 16.2 Å². The molecule has 0 spiro atoms. The van der Waals surface area contributed by atoms with Gasteiger partial charge in [0, 0.05) is 43.7 Å². The van der Waals surface area contributed by atoms with Gasteiger partial charge in [0.1, 0.15) is 0 Å². The zero-order valence-corrected chi connectivity index (χ0v) is 19.5. The molecule has 2 fully saturated rings. The number of rotatable bonds is 8. The van der Waals surface area contributed by atoms with Crippen molar-refractivity contribution in [1.29, 1.82) is 0 Å². The summed E-state index contributed by atoms with van der Waals surface area (Å²) < 4.78 is 66.4. The first-order chi connectivity index (χ1) is 15.1. The lowest BCUT2D eigenvalue weighted by atomic mass is 9.76. The highest BCUT2D eigenvalue weighted by Crippen LogP contribution is 2.39. The maximum Gasteiger partial charge on any atom is 0.417 e. The molecule has 2 aliphatic rings. The Kier molecular flexibility index (Phi) is 8.04. The van der Waals surface area contributed by atoms with Gasteiger partial charge in [-0.25, -0.2) is 8.42 Å². The molecule has 1 saturated carbocycles. The number of nitrogens with zero attached hydrogens (tertiary/aromatic N) is 2. The van der Waals surface area contributed by atoms with Crippen LogP contribution in [0.2, 0.25) is 0 Å². The van der Waals surface area contributed by atoms with Gasteiger partial charge in [-0.3, -0.25) is 9.69 Å². The van der Waals surface area contributed by atoms with Gasteiger partial charge < -0.3 is 0 Å². The normalized spacial score (nSPS) is 20.9. The highest BCUT2D eigenvalue weighted by molar-refractivity contribution is 7.89. The van der Waals surface area contributed by atoms with E-state index in [0.29, 0.717) is 39.0 Å². The molecule has 32 heavy (non-hydrogen) atoms. The maximum absolute atomic E-state index is 13.3. The number of piperazine rings is 1. The summed E-state index contributed by atoms with van der Waals surface area (Å²) in [6.07, 6.45) is 1.50. The molecule has 1 aromatic carbocycles. The molecular weight excluding hydrogens is 441 g/mol. The first-order valence-corrected chi connectivity index (χ1v) is 13.1. The Hall–Kier alpha value is -1.45. The number of Topliss-reactive ketones (excluding diaryl/α,β-unsaturated/α-hetero) is 1. The van der Waals surface area contributed by atoms with Crippen LogP contribution in [0.5, 0.6) is 0 Å². The molecule has 1 aromatic rings. The highest BCUT2D eigenvalue weighted by atomic mass is 32.2. The summed E-state index contributed by atoms with van der Waals surface area (Å²) in [6, 6.07) is 4.98. The van der Waals surface area contributed by atoms with E-state index in [1.807, 2.05) is 6.92 Å². The largest absolute Gasteiger partial charge is 0.417 e. The summed E-state index contributed by atoms with van der Waals surface area (Å²) in [4.78, 5) is 15.1. The number of carbonyl (C=O) groups is 1. The maximum atomic E-state index is 13.3. The van der Waals surface area contributed by atoms with Crippen LogP contribution in [0.3, 0.4) is 0 Å². The number of carbonyl (C=O) groups excluding carboxylic acids is 1. The second-order valence-corrected chi connectivity index (χ2v) is 11.0. The fourth-order valence-electron chi connectivity index (χ4n) is 5.22. The summed E-state index contributed by atoms with van der Waals surface area (Å²) in [5.74, 6) is -0.335. The number of hydrogen-bond donors (Lipinski definition) is 0. The van der Waals surface area contributed by atoms with Gasteiger partial charge >= 0.3 is 6.18 Å². The van der Waals surface area contributed by atoms with Gasteiger partial charge in [-0.1, -0.05) is 44.4 Å². The quantitative estimate of drug-likeness (QED) is 0.511. The Bertz CT molecular complexity index is 888. The third-order valence-corrected chi connectivity index (χ3v) is 8.98. The number of ketones is 1. The number of hydrogen-bond acceptors (Lipinski definition) is 4. The van der Waals surface area contributed by atoms with Gasteiger partial charge in [0.05, 0.1) is 11.3 Å². The monoisotopic (exact) mass is 474 g/mol. The Balaban J connectivity index is 1.71. The fraction of sp³-hybridized carbons (Fsp3) is 0.696. The molecule has 0 atom stereocenters. The fourth-order valence-corrected chi connectivity index (χ4v) is 6.71. The number of benzene rings is 1. The molecule has 0 unspecified atom stereocenters. The van der Waals surface area contributed by atoms with Crippen LogP contribution in [-0.4, -0.2) is 60.9 Å². The summed E-state index contributed by atoms with van der Waals surface area (Å²) in [5.41, 5.74) is -1.39. The van der Waals surface area contributed by atoms with Gasteiger partial charge in [-0.15, -0.1) is 0 Å². The second kappa shape index (κ2) is 10.2. The zero-order chi connectivity index (χ0) is 23.4. The Labute approximate surface area is 189 Å². The van der Waals surface area contributed by atoms with Gasteiger partial charge in [-0.05, 0) is 31.7 Å². The molecular formula is C23H33F3N2O3S. The van der Waals surface area contributed by atoms with E-state index in [-0.39, 0.29) is 23.3 Å². The average molecular weight is 475 g/mol. The molecule has 1 saturated heterocycles. The molecule has 5 nitrogen and oxygen atoms in total. The molecule has 0 amide bonds. The van der Waals surface area contributed by atoms with E-state index in [1.54, 1.807) is 4.31 Å². The summed E-state index contributed by atoms with van der Waals surface area (Å²) in [7, 11) is -3.24. The van der Waals surface area contributed by atoms with Crippen LogP contribution in [0.1, 0.15) is 74.2 Å². The van der Waals surface area contributed by atoms with E-state index in [0.717, 1.165) is 38.2 Å². The zero-order valence-electron chi connectivity index (χ0n) is 18.7. The lowest BCUT2D eigenvalue weighted by Crippen LogP contribution is -2.58. The van der Waals surface area contributed by atoms with Crippen LogP contribution in [0.25, 0.3) is 0 Å². The molecule has 3 rings (SSSR count). The number of alkyl halides is 3. The van der Waals surface area contributed by atoms with Crippen molar-refractivity contribution in [2.45, 2.75) is 70.0 Å². The van der Waals surface area contributed by atoms with Crippen molar-refractivity contribution in [1.82, 2.24) is 9.21 Å². The van der Waals surface area contributed by atoms with Crippen molar-refractivity contribution in [3.8, 4) is 0 Å². The van der Waals surface area contributed by atoms with Crippen molar-refractivity contribution in [3.63, 3.8) is 0 Å². The Morgan fingerprint density at radius 2 is 1.66 bits per heavy atom. The van der Waals surface area contributed by atoms with Crippen LogP contribution in [0, 0.1) is 0 Å². The van der Waals surface area contributed by atoms with Crippen LogP contribution in [0.4, 0.5) is 13.2 Å². The van der Waals surface area contributed by atoms with Gasteiger partial charge in [0.25, 0.3) is 0 Å². The molecule has 1 heterocycles. The van der Waals surface area contributed by atoms with Crippen molar-refractivity contribution >= 4 is 15.8 Å². The molecule has 0 aromatic heterocycles. The van der Waals surface area contributed by atoms with E-state index < -0.39 is 27.5 Å². The minimum atomic E-state index is -4.56. The molecule has 180 valence electrons. The molecule has 0 radical (unpaired) electrons. The summed E-state index contributed by atoms with van der Waals surface area (Å²) in [5, 5.41) is 0. The van der Waals surface area contributed by atoms with Gasteiger partial charge in [0.2, 0.25) is 10.0 Å². The molecule has 0 N–H and O–H groups in total. The van der Waals surface area contributed by atoms with Gasteiger partial charge in [-0.2, -0.15) is 17.5 Å². The number of halogens is 3. The van der Waals surface area contributed by atoms with E-state index in [4.69, 9.17) is 0 Å². The standard InChI is InChI=1S/C23H33F3N2O3S/c1-2-18-32(30,31)28-16-14-27(15-17-28)22(11-6-3-7-12-22)13-10-21(29)19-8-4-5-9-20(19)23(24,25)26/h4-5,8-9H,2-3,6-7,10-18H2,1H3. The molecule has 9 heteroatoms. The van der Waals surface area contributed by atoms with Crippen molar-refractivity contribution < 1.29 is 26.4 Å². The van der Waals surface area contributed by atoms with Crippen LogP contribution < -0.4 is 0 Å². The lowest BCUT2D eigenvalue weighted by molar-refractivity contribution is -0.137. The first kappa shape index (κ1) is 25.2. The third-order valence-electron chi connectivity index (χ3n) is 6.90. The minimum absolute atomic E-state index is 0.0570.